The lowest BCUT2D eigenvalue weighted by atomic mass is 9.82. The van der Waals surface area contributed by atoms with Gasteiger partial charge in [-0.1, -0.05) is 6.07 Å². The first-order valence-electron chi connectivity index (χ1n) is 10.3. The van der Waals surface area contributed by atoms with Crippen LogP contribution in [0.5, 0.6) is 0 Å². The zero-order valence-electron chi connectivity index (χ0n) is 17.1. The minimum atomic E-state index is -1.03. The highest BCUT2D eigenvalue weighted by Crippen LogP contribution is 2.36. The number of halogens is 2. The van der Waals surface area contributed by atoms with E-state index in [1.807, 2.05) is 20.8 Å². The van der Waals surface area contributed by atoms with Crippen molar-refractivity contribution in [2.24, 2.45) is 5.92 Å². The largest absolute Gasteiger partial charge is 0.460 e. The molecule has 1 aromatic carbocycles. The van der Waals surface area contributed by atoms with Crippen LogP contribution in [0.15, 0.2) is 18.2 Å². The summed E-state index contributed by atoms with van der Waals surface area (Å²) in [7, 11) is 0. The number of nitrogen functional groups attached to an aromatic ring is 1. The molecule has 2 aliphatic rings. The highest BCUT2D eigenvalue weighted by Gasteiger charge is 2.39. The topological polar surface area (TPSA) is 55.6 Å². The minimum Gasteiger partial charge on any atom is -0.460 e. The normalized spacial score (nSPS) is 27.5. The highest BCUT2D eigenvalue weighted by molar-refractivity contribution is 5.73. The summed E-state index contributed by atoms with van der Waals surface area (Å²) in [5.74, 6) is -0.745. The van der Waals surface area contributed by atoms with Gasteiger partial charge in [0, 0.05) is 11.7 Å². The molecule has 1 aliphatic carbocycles. The average molecular weight is 395 g/mol. The van der Waals surface area contributed by atoms with Gasteiger partial charge in [-0.25, -0.2) is 8.78 Å². The number of nitrogens with two attached hydrogens (primary N) is 1. The van der Waals surface area contributed by atoms with Crippen LogP contribution < -0.4 is 5.73 Å². The third kappa shape index (κ3) is 5.02. The fourth-order valence-electron chi connectivity index (χ4n) is 4.53. The van der Waals surface area contributed by atoms with Gasteiger partial charge in [-0.2, -0.15) is 0 Å². The van der Waals surface area contributed by atoms with Crippen LogP contribution in [0, 0.1) is 11.7 Å². The van der Waals surface area contributed by atoms with Crippen LogP contribution in [-0.2, 0) is 9.53 Å². The van der Waals surface area contributed by atoms with Crippen molar-refractivity contribution in [2.45, 2.75) is 76.6 Å². The van der Waals surface area contributed by atoms with Crippen molar-refractivity contribution in [3.8, 4) is 0 Å². The number of esters is 1. The number of nitrogens with zero attached hydrogens (tertiary/aromatic N) is 1. The lowest BCUT2D eigenvalue weighted by Crippen LogP contribution is -2.49. The van der Waals surface area contributed by atoms with E-state index in [9.17, 15) is 13.6 Å². The summed E-state index contributed by atoms with van der Waals surface area (Å²) in [6.07, 6.45) is 2.13. The Morgan fingerprint density at radius 3 is 2.43 bits per heavy atom. The fraction of sp³-hybridized carbons (Fsp3) is 0.682. The van der Waals surface area contributed by atoms with Crippen molar-refractivity contribution in [1.29, 1.82) is 0 Å². The summed E-state index contributed by atoms with van der Waals surface area (Å²) in [4.78, 5) is 14.4. The molecule has 0 spiro atoms. The summed E-state index contributed by atoms with van der Waals surface area (Å²) in [6, 6.07) is 4.72. The van der Waals surface area contributed by atoms with Gasteiger partial charge in [0.05, 0.1) is 5.92 Å². The average Bonchev–Trinajstić information content (AvgIpc) is 2.60. The quantitative estimate of drug-likeness (QED) is 0.608. The molecule has 0 bridgehead atoms. The molecule has 0 radical (unpaired) electrons. The summed E-state index contributed by atoms with van der Waals surface area (Å²) >= 11 is 0. The monoisotopic (exact) mass is 394 g/mol. The maximum Gasteiger partial charge on any atom is 0.309 e. The van der Waals surface area contributed by atoms with Gasteiger partial charge in [0.2, 0.25) is 0 Å². The molecule has 0 amide bonds. The van der Waals surface area contributed by atoms with E-state index >= 15 is 0 Å². The van der Waals surface area contributed by atoms with Gasteiger partial charge >= 0.3 is 5.97 Å². The smallest absolute Gasteiger partial charge is 0.309 e. The molecular weight excluding hydrogens is 362 g/mol. The predicted octanol–water partition coefficient (Wildman–Crippen LogP) is 4.44. The molecule has 0 aromatic heterocycles. The van der Waals surface area contributed by atoms with E-state index < -0.39 is 11.8 Å². The number of hydrogen-bond donors (Lipinski definition) is 1. The highest BCUT2D eigenvalue weighted by atomic mass is 19.1. The maximum atomic E-state index is 14.9. The predicted molar refractivity (Wildman–Crippen MR) is 106 cm³/mol. The number of piperidine rings is 1. The Hall–Kier alpha value is -1.69. The van der Waals surface area contributed by atoms with E-state index in [-0.39, 0.29) is 36.1 Å². The molecule has 3 rings (SSSR count). The third-order valence-corrected chi connectivity index (χ3v) is 5.94. The second-order valence-electron chi connectivity index (χ2n) is 9.22. The van der Waals surface area contributed by atoms with Crippen LogP contribution in [0.1, 0.15) is 64.4 Å². The number of rotatable bonds is 3. The molecule has 1 aromatic rings. The van der Waals surface area contributed by atoms with Crippen molar-refractivity contribution in [1.82, 2.24) is 4.90 Å². The Balaban J connectivity index is 1.53. The van der Waals surface area contributed by atoms with Crippen LogP contribution in [0.2, 0.25) is 0 Å². The van der Waals surface area contributed by atoms with E-state index in [0.29, 0.717) is 24.1 Å². The molecule has 1 heterocycles. The van der Waals surface area contributed by atoms with Crippen molar-refractivity contribution in [2.75, 3.05) is 18.8 Å². The van der Waals surface area contributed by atoms with Crippen LogP contribution >= 0.6 is 0 Å². The Kier molecular flexibility index (Phi) is 6.28. The summed E-state index contributed by atoms with van der Waals surface area (Å²) < 4.78 is 34.5. The van der Waals surface area contributed by atoms with Gasteiger partial charge in [-0.05, 0) is 89.6 Å². The maximum absolute atomic E-state index is 14.9. The number of anilines is 1. The molecule has 1 saturated heterocycles. The SMILES string of the molecule is CC(C)(C)OC(=O)C1CCC(N2CCC(c3ccc(N)cc3F)CC2)C(F)C1. The molecule has 2 fully saturated rings. The van der Waals surface area contributed by atoms with Crippen LogP contribution in [-0.4, -0.2) is 41.8 Å². The Morgan fingerprint density at radius 2 is 1.86 bits per heavy atom. The van der Waals surface area contributed by atoms with E-state index in [1.54, 1.807) is 12.1 Å². The second-order valence-corrected chi connectivity index (χ2v) is 9.22. The molecule has 1 aliphatic heterocycles. The van der Waals surface area contributed by atoms with Crippen molar-refractivity contribution < 1.29 is 18.3 Å². The number of hydrogen-bond acceptors (Lipinski definition) is 4. The molecule has 28 heavy (non-hydrogen) atoms. The Morgan fingerprint density at radius 1 is 1.18 bits per heavy atom. The van der Waals surface area contributed by atoms with E-state index in [2.05, 4.69) is 4.90 Å². The Labute approximate surface area is 166 Å². The molecular formula is C22H32F2N2O2. The number of alkyl halides is 1. The summed E-state index contributed by atoms with van der Waals surface area (Å²) in [5, 5.41) is 0. The first kappa shape index (κ1) is 21.0. The third-order valence-electron chi connectivity index (χ3n) is 5.94. The van der Waals surface area contributed by atoms with Gasteiger partial charge < -0.3 is 10.5 Å². The first-order valence-corrected chi connectivity index (χ1v) is 10.3. The lowest BCUT2D eigenvalue weighted by molar-refractivity contribution is -0.162. The number of benzene rings is 1. The minimum absolute atomic E-state index is 0.146. The molecule has 3 unspecified atom stereocenters. The number of carbonyl (C=O) groups is 1. The molecule has 156 valence electrons. The molecule has 1 saturated carbocycles. The fourth-order valence-corrected chi connectivity index (χ4v) is 4.53. The zero-order valence-corrected chi connectivity index (χ0v) is 17.1. The summed E-state index contributed by atoms with van der Waals surface area (Å²) in [5.41, 5.74) is 6.23. The first-order chi connectivity index (χ1) is 13.1. The summed E-state index contributed by atoms with van der Waals surface area (Å²) in [6.45, 7) is 6.99. The van der Waals surface area contributed by atoms with Gasteiger partial charge in [0.25, 0.3) is 0 Å². The van der Waals surface area contributed by atoms with Gasteiger partial charge in [0.15, 0.2) is 0 Å². The lowest BCUT2D eigenvalue weighted by Gasteiger charge is -2.42. The molecule has 4 nitrogen and oxygen atoms in total. The van der Waals surface area contributed by atoms with Gasteiger partial charge in [-0.3, -0.25) is 9.69 Å². The van der Waals surface area contributed by atoms with Gasteiger partial charge in [-0.15, -0.1) is 0 Å². The number of carbonyl (C=O) groups excluding carboxylic acids is 1. The van der Waals surface area contributed by atoms with Crippen molar-refractivity contribution in [3.05, 3.63) is 29.6 Å². The number of ether oxygens (including phenoxy) is 1. The Bertz CT molecular complexity index is 696. The molecule has 2 N–H and O–H groups in total. The van der Waals surface area contributed by atoms with E-state index in [0.717, 1.165) is 25.9 Å². The number of likely N-dealkylation sites (tertiary alicyclic amines) is 1. The zero-order chi connectivity index (χ0) is 20.5. The van der Waals surface area contributed by atoms with E-state index in [1.165, 1.54) is 6.07 Å². The van der Waals surface area contributed by atoms with Crippen LogP contribution in [0.25, 0.3) is 0 Å². The second kappa shape index (κ2) is 8.36. The van der Waals surface area contributed by atoms with E-state index in [4.69, 9.17) is 10.5 Å². The van der Waals surface area contributed by atoms with Crippen LogP contribution in [0.3, 0.4) is 0 Å². The van der Waals surface area contributed by atoms with Crippen LogP contribution in [0.4, 0.5) is 14.5 Å². The van der Waals surface area contributed by atoms with Crippen molar-refractivity contribution in [3.63, 3.8) is 0 Å². The van der Waals surface area contributed by atoms with Gasteiger partial charge in [0.1, 0.15) is 17.6 Å². The standard InChI is InChI=1S/C22H32F2N2O2/c1-22(2,3)28-21(27)15-4-7-20(19(24)12-15)26-10-8-14(9-11-26)17-6-5-16(25)13-18(17)23/h5-6,13-15,19-20H,4,7-12,25H2,1-3H3. The molecule has 6 heteroatoms. The molecule has 3 atom stereocenters. The van der Waals surface area contributed by atoms with Crippen molar-refractivity contribution >= 4 is 11.7 Å².